The van der Waals surface area contributed by atoms with E-state index in [4.69, 9.17) is 0 Å². The zero-order chi connectivity index (χ0) is 10.5. The van der Waals surface area contributed by atoms with Crippen LogP contribution in [0.25, 0.3) is 0 Å². The normalized spacial score (nSPS) is 16.5. The van der Waals surface area contributed by atoms with Gasteiger partial charge >= 0.3 is 0 Å². The highest BCUT2D eigenvalue weighted by Crippen LogP contribution is 2.16. The van der Waals surface area contributed by atoms with Crippen molar-refractivity contribution in [3.63, 3.8) is 0 Å². The van der Waals surface area contributed by atoms with Crippen LogP contribution in [0, 0.1) is 0 Å². The fourth-order valence-electron chi connectivity index (χ4n) is 1.30. The minimum absolute atomic E-state index is 0.349. The van der Waals surface area contributed by atoms with E-state index in [1.165, 1.54) is 6.92 Å². The summed E-state index contributed by atoms with van der Waals surface area (Å²) in [6.45, 7) is 5.24. The van der Waals surface area contributed by atoms with Crippen molar-refractivity contribution in [1.29, 1.82) is 0 Å². The van der Waals surface area contributed by atoms with Crippen LogP contribution in [0.2, 0.25) is 0 Å². The van der Waals surface area contributed by atoms with Gasteiger partial charge in [-0.25, -0.2) is 8.42 Å². The van der Waals surface area contributed by atoms with Gasteiger partial charge in [0.15, 0.2) is 9.84 Å². The Labute approximate surface area is 80.4 Å². The minimum Gasteiger partial charge on any atom is -0.302 e. The lowest BCUT2D eigenvalue weighted by Crippen LogP contribution is -2.30. The van der Waals surface area contributed by atoms with E-state index in [0.717, 1.165) is 6.42 Å². The smallest absolute Gasteiger partial charge is 0.162 e. The van der Waals surface area contributed by atoms with Gasteiger partial charge in [-0.2, -0.15) is 0 Å². The Bertz CT molecular complexity index is 244. The molecule has 0 aliphatic heterocycles. The number of sulfone groups is 1. The van der Waals surface area contributed by atoms with Gasteiger partial charge in [-0.15, -0.1) is 0 Å². The van der Waals surface area contributed by atoms with E-state index < -0.39 is 15.1 Å². The third kappa shape index (κ3) is 3.10. The number of aldehydes is 1. The molecule has 3 nitrogen and oxygen atoms in total. The summed E-state index contributed by atoms with van der Waals surface area (Å²) in [7, 11) is -3.23. The topological polar surface area (TPSA) is 51.2 Å². The second kappa shape index (κ2) is 5.37. The Balaban J connectivity index is 4.67. The molecular formula is C9H18O3S. The van der Waals surface area contributed by atoms with Crippen LogP contribution in [0.15, 0.2) is 0 Å². The molecule has 0 aromatic carbocycles. The van der Waals surface area contributed by atoms with E-state index in [2.05, 4.69) is 0 Å². The second-order valence-electron chi connectivity index (χ2n) is 3.25. The molecule has 0 aliphatic carbocycles. The Hall–Kier alpha value is -0.380. The molecule has 0 aromatic heterocycles. The summed E-state index contributed by atoms with van der Waals surface area (Å²) >= 11 is 0. The van der Waals surface area contributed by atoms with Crippen molar-refractivity contribution in [2.75, 3.05) is 0 Å². The lowest BCUT2D eigenvalue weighted by molar-refractivity contribution is -0.107. The van der Waals surface area contributed by atoms with Gasteiger partial charge < -0.3 is 4.79 Å². The summed E-state index contributed by atoms with van der Waals surface area (Å²) in [6, 6.07) is 0. The van der Waals surface area contributed by atoms with Crippen LogP contribution in [-0.4, -0.2) is 25.2 Å². The predicted octanol–water partition coefficient (Wildman–Crippen LogP) is 1.57. The van der Waals surface area contributed by atoms with Crippen molar-refractivity contribution < 1.29 is 13.2 Å². The summed E-state index contributed by atoms with van der Waals surface area (Å²) in [5, 5.41) is -1.21. The Morgan fingerprint density at radius 2 is 1.85 bits per heavy atom. The first-order chi connectivity index (χ1) is 6.00. The van der Waals surface area contributed by atoms with Gasteiger partial charge in [-0.05, 0) is 19.8 Å². The molecule has 78 valence electrons. The highest BCUT2D eigenvalue weighted by atomic mass is 32.2. The van der Waals surface area contributed by atoms with Gasteiger partial charge in [0.1, 0.15) is 11.5 Å². The van der Waals surface area contributed by atoms with Gasteiger partial charge in [0.05, 0.1) is 5.25 Å². The van der Waals surface area contributed by atoms with E-state index in [9.17, 15) is 13.2 Å². The van der Waals surface area contributed by atoms with Gasteiger partial charge in [-0.3, -0.25) is 0 Å². The van der Waals surface area contributed by atoms with Crippen molar-refractivity contribution >= 4 is 16.1 Å². The van der Waals surface area contributed by atoms with Crippen molar-refractivity contribution in [1.82, 2.24) is 0 Å². The Kier molecular flexibility index (Phi) is 5.21. The molecule has 0 rings (SSSR count). The van der Waals surface area contributed by atoms with Crippen molar-refractivity contribution in [2.24, 2.45) is 0 Å². The zero-order valence-electron chi connectivity index (χ0n) is 8.49. The van der Waals surface area contributed by atoms with E-state index in [0.29, 0.717) is 19.1 Å². The van der Waals surface area contributed by atoms with E-state index in [1.54, 1.807) is 0 Å². The highest BCUT2D eigenvalue weighted by Gasteiger charge is 2.28. The molecule has 0 N–H and O–H groups in total. The molecule has 0 bridgehead atoms. The Morgan fingerprint density at radius 1 is 1.31 bits per heavy atom. The Morgan fingerprint density at radius 3 is 2.15 bits per heavy atom. The van der Waals surface area contributed by atoms with E-state index in [-0.39, 0.29) is 5.25 Å². The number of rotatable bonds is 6. The van der Waals surface area contributed by atoms with Crippen LogP contribution in [0.5, 0.6) is 0 Å². The molecule has 0 saturated heterocycles. The molecule has 13 heavy (non-hydrogen) atoms. The quantitative estimate of drug-likeness (QED) is 0.620. The van der Waals surface area contributed by atoms with Gasteiger partial charge in [0, 0.05) is 0 Å². The first-order valence-electron chi connectivity index (χ1n) is 4.68. The number of hydrogen-bond donors (Lipinski definition) is 0. The lowest BCUT2D eigenvalue weighted by atomic mass is 10.2. The molecule has 0 spiro atoms. The fraction of sp³-hybridized carbons (Fsp3) is 0.889. The van der Waals surface area contributed by atoms with Gasteiger partial charge in [-0.1, -0.05) is 20.3 Å². The molecule has 0 aromatic rings. The maximum Gasteiger partial charge on any atom is 0.162 e. The average Bonchev–Trinajstić information content (AvgIpc) is 2.12. The molecule has 4 heteroatoms. The zero-order valence-corrected chi connectivity index (χ0v) is 9.30. The molecule has 2 atom stereocenters. The highest BCUT2D eigenvalue weighted by molar-refractivity contribution is 7.93. The molecular weight excluding hydrogens is 188 g/mol. The summed E-state index contributed by atoms with van der Waals surface area (Å²) in [5.74, 6) is 0. The van der Waals surface area contributed by atoms with E-state index in [1.807, 2.05) is 13.8 Å². The second-order valence-corrected chi connectivity index (χ2v) is 5.84. The molecule has 0 heterocycles. The van der Waals surface area contributed by atoms with Crippen LogP contribution < -0.4 is 0 Å². The first-order valence-corrected chi connectivity index (χ1v) is 6.29. The third-order valence-corrected chi connectivity index (χ3v) is 4.89. The maximum atomic E-state index is 11.7. The summed E-state index contributed by atoms with van der Waals surface area (Å²) in [5.41, 5.74) is 0. The van der Waals surface area contributed by atoms with Crippen molar-refractivity contribution in [2.45, 2.75) is 50.5 Å². The molecule has 0 saturated carbocycles. The lowest BCUT2D eigenvalue weighted by Gasteiger charge is -2.16. The van der Waals surface area contributed by atoms with Crippen molar-refractivity contribution in [3.8, 4) is 0 Å². The van der Waals surface area contributed by atoms with Crippen LogP contribution in [0.1, 0.15) is 40.0 Å². The minimum atomic E-state index is -3.23. The SMILES string of the molecule is CCCC(CC)S(=O)(=O)C(C)C=O. The van der Waals surface area contributed by atoms with Crippen LogP contribution in [0.4, 0.5) is 0 Å². The van der Waals surface area contributed by atoms with Gasteiger partial charge in [0.2, 0.25) is 0 Å². The molecule has 0 amide bonds. The first kappa shape index (κ1) is 12.6. The third-order valence-electron chi connectivity index (χ3n) is 2.24. The predicted molar refractivity (Wildman–Crippen MR) is 53.4 cm³/mol. The largest absolute Gasteiger partial charge is 0.302 e. The summed E-state index contributed by atoms with van der Waals surface area (Å²) < 4.78 is 23.3. The van der Waals surface area contributed by atoms with E-state index >= 15 is 0 Å². The average molecular weight is 206 g/mol. The van der Waals surface area contributed by atoms with Gasteiger partial charge in [0.25, 0.3) is 0 Å². The molecule has 0 radical (unpaired) electrons. The number of carbonyl (C=O) groups is 1. The fourth-order valence-corrected chi connectivity index (χ4v) is 3.09. The molecule has 2 unspecified atom stereocenters. The molecule has 0 aliphatic rings. The van der Waals surface area contributed by atoms with Crippen LogP contribution in [0.3, 0.4) is 0 Å². The number of hydrogen-bond acceptors (Lipinski definition) is 3. The number of carbonyl (C=O) groups excluding carboxylic acids is 1. The summed E-state index contributed by atoms with van der Waals surface area (Å²) in [4.78, 5) is 10.4. The maximum absolute atomic E-state index is 11.7. The van der Waals surface area contributed by atoms with Crippen LogP contribution in [-0.2, 0) is 14.6 Å². The standard InChI is InChI=1S/C9H18O3S/c1-4-6-9(5-2)13(11,12)8(3)7-10/h7-9H,4-6H2,1-3H3. The van der Waals surface area contributed by atoms with Crippen molar-refractivity contribution in [3.05, 3.63) is 0 Å². The van der Waals surface area contributed by atoms with Crippen LogP contribution >= 0.6 is 0 Å². The summed E-state index contributed by atoms with van der Waals surface area (Å²) in [6.07, 6.45) is 2.59. The monoisotopic (exact) mass is 206 g/mol. The molecule has 0 fully saturated rings.